The van der Waals surface area contributed by atoms with Gasteiger partial charge in [-0.15, -0.1) is 0 Å². The van der Waals surface area contributed by atoms with Crippen LogP contribution in [-0.4, -0.2) is 16.7 Å². The van der Waals surface area contributed by atoms with Crippen LogP contribution in [0.1, 0.15) is 21.5 Å². The normalized spacial score (nSPS) is 10.9. The van der Waals surface area contributed by atoms with Gasteiger partial charge in [-0.2, -0.15) is 0 Å². The SMILES string of the molecule is Cc1ccccc1C(=O)NC(=Cc1ccc([N+](=O)[O-])cc1)C(=O)Nc1ccccc1. The molecule has 0 radical (unpaired) electrons. The molecule has 2 N–H and O–H groups in total. The number of benzene rings is 3. The number of carbonyl (C=O) groups excluding carboxylic acids is 2. The van der Waals surface area contributed by atoms with Crippen LogP contribution in [0.5, 0.6) is 0 Å². The lowest BCUT2D eigenvalue weighted by atomic mass is 10.1. The van der Waals surface area contributed by atoms with E-state index in [4.69, 9.17) is 0 Å². The molecule has 0 aromatic heterocycles. The summed E-state index contributed by atoms with van der Waals surface area (Å²) in [5, 5.41) is 16.2. The Morgan fingerprint density at radius 3 is 2.17 bits per heavy atom. The largest absolute Gasteiger partial charge is 0.321 e. The van der Waals surface area contributed by atoms with Gasteiger partial charge in [0.25, 0.3) is 17.5 Å². The minimum absolute atomic E-state index is 0.0148. The Morgan fingerprint density at radius 2 is 1.53 bits per heavy atom. The molecule has 7 heteroatoms. The Balaban J connectivity index is 1.91. The smallest absolute Gasteiger partial charge is 0.272 e. The number of hydrogen-bond acceptors (Lipinski definition) is 4. The number of nitrogens with one attached hydrogen (secondary N) is 2. The summed E-state index contributed by atoms with van der Waals surface area (Å²) >= 11 is 0. The van der Waals surface area contributed by atoms with Crippen molar-refractivity contribution in [3.8, 4) is 0 Å². The summed E-state index contributed by atoms with van der Waals surface area (Å²) in [7, 11) is 0. The van der Waals surface area contributed by atoms with Crippen molar-refractivity contribution >= 4 is 29.3 Å². The molecule has 3 aromatic rings. The molecular formula is C23H19N3O4. The standard InChI is InChI=1S/C23H19N3O4/c1-16-7-5-6-10-20(16)22(27)25-21(23(28)24-18-8-3-2-4-9-18)15-17-11-13-19(14-12-17)26(29)30/h2-15H,1H3,(H,24,28)(H,25,27). The van der Waals surface area contributed by atoms with Crippen LogP contribution < -0.4 is 10.6 Å². The van der Waals surface area contributed by atoms with Crippen molar-refractivity contribution in [1.29, 1.82) is 0 Å². The van der Waals surface area contributed by atoms with Crippen LogP contribution in [0.25, 0.3) is 6.08 Å². The van der Waals surface area contributed by atoms with Crippen molar-refractivity contribution in [3.05, 3.63) is 111 Å². The molecule has 7 nitrogen and oxygen atoms in total. The van der Waals surface area contributed by atoms with E-state index >= 15 is 0 Å². The van der Waals surface area contributed by atoms with Gasteiger partial charge in [0.05, 0.1) is 4.92 Å². The van der Waals surface area contributed by atoms with E-state index in [-0.39, 0.29) is 11.4 Å². The van der Waals surface area contributed by atoms with Gasteiger partial charge >= 0.3 is 0 Å². The number of aryl methyl sites for hydroxylation is 1. The summed E-state index contributed by atoms with van der Waals surface area (Å²) in [6.07, 6.45) is 1.47. The number of anilines is 1. The van der Waals surface area contributed by atoms with Gasteiger partial charge in [-0.3, -0.25) is 19.7 Å². The van der Waals surface area contributed by atoms with Gasteiger partial charge in [0.1, 0.15) is 5.70 Å². The second kappa shape index (κ2) is 9.29. The summed E-state index contributed by atoms with van der Waals surface area (Å²) in [6, 6.07) is 21.6. The number of nitro benzene ring substituents is 1. The molecule has 0 aliphatic heterocycles. The second-order valence-electron chi connectivity index (χ2n) is 6.50. The summed E-state index contributed by atoms with van der Waals surface area (Å²) in [5.74, 6) is -0.939. The molecule has 3 aromatic carbocycles. The number of amides is 2. The summed E-state index contributed by atoms with van der Waals surface area (Å²) in [6.45, 7) is 1.80. The van der Waals surface area contributed by atoms with Crippen molar-refractivity contribution in [2.45, 2.75) is 6.92 Å². The zero-order valence-electron chi connectivity index (χ0n) is 16.2. The van der Waals surface area contributed by atoms with E-state index in [0.29, 0.717) is 16.8 Å². The first kappa shape index (κ1) is 20.5. The molecule has 150 valence electrons. The summed E-state index contributed by atoms with van der Waals surface area (Å²) in [5.41, 5.74) is 2.27. The van der Waals surface area contributed by atoms with E-state index in [2.05, 4.69) is 10.6 Å². The molecule has 0 heterocycles. The van der Waals surface area contributed by atoms with Crippen molar-refractivity contribution in [2.75, 3.05) is 5.32 Å². The third-order valence-electron chi connectivity index (χ3n) is 4.33. The minimum atomic E-state index is -0.513. The van der Waals surface area contributed by atoms with E-state index < -0.39 is 16.7 Å². The molecule has 0 fully saturated rings. The Bertz CT molecular complexity index is 1110. The fraction of sp³-hybridized carbons (Fsp3) is 0.0435. The fourth-order valence-electron chi connectivity index (χ4n) is 2.75. The van der Waals surface area contributed by atoms with Crippen LogP contribution in [0.15, 0.2) is 84.6 Å². The van der Waals surface area contributed by atoms with Gasteiger partial charge in [0.2, 0.25) is 0 Å². The highest BCUT2D eigenvalue weighted by Gasteiger charge is 2.16. The van der Waals surface area contributed by atoms with Crippen LogP contribution >= 0.6 is 0 Å². The number of non-ortho nitro benzene ring substituents is 1. The number of hydrogen-bond donors (Lipinski definition) is 2. The van der Waals surface area contributed by atoms with E-state index in [9.17, 15) is 19.7 Å². The van der Waals surface area contributed by atoms with Crippen molar-refractivity contribution in [2.24, 2.45) is 0 Å². The van der Waals surface area contributed by atoms with E-state index in [0.717, 1.165) is 5.56 Å². The molecular weight excluding hydrogens is 382 g/mol. The third kappa shape index (κ3) is 5.17. The quantitative estimate of drug-likeness (QED) is 0.365. The first-order chi connectivity index (χ1) is 14.4. The topological polar surface area (TPSA) is 101 Å². The van der Waals surface area contributed by atoms with Crippen LogP contribution in [0, 0.1) is 17.0 Å². The minimum Gasteiger partial charge on any atom is -0.321 e. The maximum absolute atomic E-state index is 12.8. The Kier molecular flexibility index (Phi) is 6.34. The molecule has 0 saturated carbocycles. The van der Waals surface area contributed by atoms with Crippen LogP contribution in [0.2, 0.25) is 0 Å². The molecule has 30 heavy (non-hydrogen) atoms. The lowest BCUT2D eigenvalue weighted by molar-refractivity contribution is -0.384. The van der Waals surface area contributed by atoms with Gasteiger partial charge in [-0.05, 0) is 54.5 Å². The second-order valence-corrected chi connectivity index (χ2v) is 6.50. The molecule has 0 aliphatic carbocycles. The molecule has 0 aliphatic rings. The molecule has 0 bridgehead atoms. The van der Waals surface area contributed by atoms with Crippen molar-refractivity contribution in [3.63, 3.8) is 0 Å². The Morgan fingerprint density at radius 1 is 0.900 bits per heavy atom. The lowest BCUT2D eigenvalue weighted by Gasteiger charge is -2.12. The number of nitro groups is 1. The Labute approximate surface area is 173 Å². The Hall–Kier alpha value is -4.26. The highest BCUT2D eigenvalue weighted by molar-refractivity contribution is 6.10. The van der Waals surface area contributed by atoms with Crippen LogP contribution in [0.4, 0.5) is 11.4 Å². The van der Waals surface area contributed by atoms with Gasteiger partial charge in [0, 0.05) is 23.4 Å². The number of nitrogens with zero attached hydrogens (tertiary/aromatic N) is 1. The maximum Gasteiger partial charge on any atom is 0.272 e. The zero-order chi connectivity index (χ0) is 21.5. The van der Waals surface area contributed by atoms with E-state index in [1.807, 2.05) is 12.1 Å². The highest BCUT2D eigenvalue weighted by Crippen LogP contribution is 2.16. The first-order valence-corrected chi connectivity index (χ1v) is 9.13. The summed E-state index contributed by atoms with van der Waals surface area (Å²) < 4.78 is 0. The first-order valence-electron chi connectivity index (χ1n) is 9.13. The molecule has 0 atom stereocenters. The number of para-hydroxylation sites is 1. The molecule has 2 amide bonds. The third-order valence-corrected chi connectivity index (χ3v) is 4.33. The van der Waals surface area contributed by atoms with Crippen LogP contribution in [0.3, 0.4) is 0 Å². The van der Waals surface area contributed by atoms with E-state index in [1.54, 1.807) is 49.4 Å². The van der Waals surface area contributed by atoms with E-state index in [1.165, 1.54) is 30.3 Å². The lowest BCUT2D eigenvalue weighted by Crippen LogP contribution is -2.31. The molecule has 0 saturated heterocycles. The van der Waals surface area contributed by atoms with Gasteiger partial charge in [0.15, 0.2) is 0 Å². The number of carbonyl (C=O) groups is 2. The van der Waals surface area contributed by atoms with Gasteiger partial charge < -0.3 is 10.6 Å². The average molecular weight is 401 g/mol. The zero-order valence-corrected chi connectivity index (χ0v) is 16.2. The molecule has 0 spiro atoms. The van der Waals surface area contributed by atoms with Gasteiger partial charge in [-0.1, -0.05) is 36.4 Å². The average Bonchev–Trinajstić information content (AvgIpc) is 2.74. The maximum atomic E-state index is 12.8. The fourth-order valence-corrected chi connectivity index (χ4v) is 2.75. The highest BCUT2D eigenvalue weighted by atomic mass is 16.6. The monoisotopic (exact) mass is 401 g/mol. The van der Waals surface area contributed by atoms with Crippen LogP contribution in [-0.2, 0) is 4.79 Å². The van der Waals surface area contributed by atoms with Crippen molar-refractivity contribution in [1.82, 2.24) is 5.32 Å². The predicted octanol–water partition coefficient (Wildman–Crippen LogP) is 4.31. The molecule has 3 rings (SSSR count). The van der Waals surface area contributed by atoms with Crippen molar-refractivity contribution < 1.29 is 14.5 Å². The molecule has 0 unspecified atom stereocenters. The van der Waals surface area contributed by atoms with Gasteiger partial charge in [-0.25, -0.2) is 0 Å². The summed E-state index contributed by atoms with van der Waals surface area (Å²) in [4.78, 5) is 35.9. The number of rotatable bonds is 6. The predicted molar refractivity (Wildman–Crippen MR) is 115 cm³/mol.